The minimum absolute atomic E-state index is 0.272. The zero-order chi connectivity index (χ0) is 14.8. The van der Waals surface area contributed by atoms with Gasteiger partial charge >= 0.3 is 5.69 Å². The van der Waals surface area contributed by atoms with Gasteiger partial charge in [0.1, 0.15) is 0 Å². The van der Waals surface area contributed by atoms with E-state index >= 15 is 0 Å². The number of benzene rings is 1. The van der Waals surface area contributed by atoms with Crippen molar-refractivity contribution in [3.05, 3.63) is 52.6 Å². The lowest BCUT2D eigenvalue weighted by atomic mass is 10.3. The number of nitro groups is 1. The van der Waals surface area contributed by atoms with Crippen molar-refractivity contribution in [1.29, 1.82) is 0 Å². The van der Waals surface area contributed by atoms with Crippen molar-refractivity contribution < 1.29 is 17.7 Å². The van der Waals surface area contributed by atoms with Crippen molar-refractivity contribution in [2.45, 2.75) is 4.90 Å². The first-order valence-corrected chi connectivity index (χ1v) is 6.63. The lowest BCUT2D eigenvalue weighted by Gasteiger charge is -2.06. The SMILES string of the molecule is O=[N+]([O-])c1c(F)cccc1S(=O)(=O)Nc1ncccn1. The second-order valence-electron chi connectivity index (χ2n) is 3.52. The van der Waals surface area contributed by atoms with E-state index < -0.39 is 31.3 Å². The zero-order valence-corrected chi connectivity index (χ0v) is 10.5. The van der Waals surface area contributed by atoms with E-state index in [1.54, 1.807) is 0 Å². The van der Waals surface area contributed by atoms with Crippen molar-refractivity contribution in [3.8, 4) is 0 Å². The number of anilines is 1. The number of nitrogens with zero attached hydrogens (tertiary/aromatic N) is 3. The number of hydrogen-bond acceptors (Lipinski definition) is 6. The highest BCUT2D eigenvalue weighted by molar-refractivity contribution is 7.92. The van der Waals surface area contributed by atoms with Gasteiger partial charge in [-0.25, -0.2) is 23.1 Å². The van der Waals surface area contributed by atoms with Crippen LogP contribution in [0.1, 0.15) is 0 Å². The molecule has 0 unspecified atom stereocenters. The van der Waals surface area contributed by atoms with Crippen LogP contribution in [0.25, 0.3) is 0 Å². The van der Waals surface area contributed by atoms with Crippen molar-refractivity contribution in [2.24, 2.45) is 0 Å². The standard InChI is InChI=1S/C10H7FN4O4S/c11-7-3-1-4-8(9(7)15(16)17)20(18,19)14-10-12-5-2-6-13-10/h1-6H,(H,12,13,14). The Bertz CT molecular complexity index is 751. The van der Waals surface area contributed by atoms with Gasteiger partial charge in [-0.1, -0.05) is 6.07 Å². The predicted octanol–water partition coefficient (Wildman–Crippen LogP) is 1.32. The van der Waals surface area contributed by atoms with Crippen LogP contribution >= 0.6 is 0 Å². The van der Waals surface area contributed by atoms with Gasteiger partial charge in [0.2, 0.25) is 11.8 Å². The summed E-state index contributed by atoms with van der Waals surface area (Å²) in [4.78, 5) is 16.1. The molecular weight excluding hydrogens is 291 g/mol. The van der Waals surface area contributed by atoms with Crippen LogP contribution in [0.4, 0.5) is 16.0 Å². The smallest absolute Gasteiger partial charge is 0.258 e. The van der Waals surface area contributed by atoms with Gasteiger partial charge in [-0.2, -0.15) is 4.39 Å². The monoisotopic (exact) mass is 298 g/mol. The van der Waals surface area contributed by atoms with Crippen LogP contribution in [0, 0.1) is 15.9 Å². The lowest BCUT2D eigenvalue weighted by molar-refractivity contribution is -0.390. The lowest BCUT2D eigenvalue weighted by Crippen LogP contribution is -2.17. The average Bonchev–Trinajstić information content (AvgIpc) is 2.38. The highest BCUT2D eigenvalue weighted by Crippen LogP contribution is 2.27. The highest BCUT2D eigenvalue weighted by Gasteiger charge is 2.29. The molecule has 0 aliphatic carbocycles. The summed E-state index contributed by atoms with van der Waals surface area (Å²) in [5, 5.41) is 10.8. The van der Waals surface area contributed by atoms with Gasteiger partial charge in [0.25, 0.3) is 10.0 Å². The minimum atomic E-state index is -4.37. The number of aromatic nitrogens is 2. The summed E-state index contributed by atoms with van der Waals surface area (Å²) in [5.41, 5.74) is -1.13. The summed E-state index contributed by atoms with van der Waals surface area (Å²) in [6.45, 7) is 0. The van der Waals surface area contributed by atoms with Gasteiger partial charge in [0, 0.05) is 12.4 Å². The number of nitro benzene ring substituents is 1. The van der Waals surface area contributed by atoms with Gasteiger partial charge in [-0.3, -0.25) is 10.1 Å². The first-order valence-electron chi connectivity index (χ1n) is 5.14. The molecule has 0 spiro atoms. The summed E-state index contributed by atoms with van der Waals surface area (Å²) < 4.78 is 39.4. The van der Waals surface area contributed by atoms with E-state index in [0.717, 1.165) is 18.2 Å². The summed E-state index contributed by atoms with van der Waals surface area (Å²) in [7, 11) is -4.37. The normalized spacial score (nSPS) is 11.1. The Morgan fingerprint density at radius 3 is 2.45 bits per heavy atom. The van der Waals surface area contributed by atoms with Crippen LogP contribution in [-0.4, -0.2) is 23.3 Å². The quantitative estimate of drug-likeness (QED) is 0.672. The van der Waals surface area contributed by atoms with Crippen molar-refractivity contribution in [2.75, 3.05) is 4.72 Å². The molecule has 1 aromatic carbocycles. The summed E-state index contributed by atoms with van der Waals surface area (Å²) in [6, 6.07) is 4.24. The Kier molecular flexibility index (Phi) is 3.57. The molecule has 0 aliphatic heterocycles. The molecule has 1 aromatic heterocycles. The summed E-state index contributed by atoms with van der Waals surface area (Å²) >= 11 is 0. The molecule has 20 heavy (non-hydrogen) atoms. The fourth-order valence-corrected chi connectivity index (χ4v) is 2.56. The highest BCUT2D eigenvalue weighted by atomic mass is 32.2. The topological polar surface area (TPSA) is 115 Å². The van der Waals surface area contributed by atoms with Crippen LogP contribution in [-0.2, 0) is 10.0 Å². The first kappa shape index (κ1) is 13.8. The Labute approximate surface area is 112 Å². The zero-order valence-electron chi connectivity index (χ0n) is 9.72. The average molecular weight is 298 g/mol. The number of nitrogens with one attached hydrogen (secondary N) is 1. The molecule has 2 aromatic rings. The molecule has 0 saturated carbocycles. The third-order valence-electron chi connectivity index (χ3n) is 2.21. The van der Waals surface area contributed by atoms with Gasteiger partial charge in [0.15, 0.2) is 4.90 Å². The number of halogens is 1. The van der Waals surface area contributed by atoms with Crippen LogP contribution in [0.2, 0.25) is 0 Å². The third-order valence-corrected chi connectivity index (χ3v) is 3.57. The Hall–Kier alpha value is -2.62. The largest absolute Gasteiger partial charge is 0.325 e. The van der Waals surface area contributed by atoms with E-state index in [1.807, 2.05) is 4.72 Å². The molecule has 0 aliphatic rings. The molecule has 2 rings (SSSR count). The Balaban J connectivity index is 2.50. The second kappa shape index (κ2) is 5.17. The Morgan fingerprint density at radius 1 is 1.20 bits per heavy atom. The van der Waals surface area contributed by atoms with Gasteiger partial charge in [-0.15, -0.1) is 0 Å². The first-order chi connectivity index (χ1) is 9.42. The fourth-order valence-electron chi connectivity index (χ4n) is 1.42. The summed E-state index contributed by atoms with van der Waals surface area (Å²) in [6.07, 6.45) is 2.57. The second-order valence-corrected chi connectivity index (χ2v) is 5.17. The number of hydrogen-bond donors (Lipinski definition) is 1. The van der Waals surface area contributed by atoms with Gasteiger partial charge in [-0.05, 0) is 18.2 Å². The predicted molar refractivity (Wildman–Crippen MR) is 65.9 cm³/mol. The van der Waals surface area contributed by atoms with Crippen molar-refractivity contribution in [3.63, 3.8) is 0 Å². The number of sulfonamides is 1. The molecule has 10 heteroatoms. The number of para-hydroxylation sites is 1. The number of rotatable bonds is 4. The van der Waals surface area contributed by atoms with Gasteiger partial charge in [0.05, 0.1) is 4.92 Å². The summed E-state index contributed by atoms with van der Waals surface area (Å²) in [5.74, 6) is -1.52. The van der Waals surface area contributed by atoms with Crippen LogP contribution in [0.3, 0.4) is 0 Å². The molecule has 0 fully saturated rings. The third kappa shape index (κ3) is 2.69. The van der Waals surface area contributed by atoms with E-state index in [1.165, 1.54) is 18.5 Å². The van der Waals surface area contributed by atoms with Crippen LogP contribution in [0.15, 0.2) is 41.6 Å². The minimum Gasteiger partial charge on any atom is -0.258 e. The molecule has 1 heterocycles. The Morgan fingerprint density at radius 2 is 1.85 bits per heavy atom. The molecule has 0 atom stereocenters. The van der Waals surface area contributed by atoms with Crippen molar-refractivity contribution >= 4 is 21.7 Å². The van der Waals surface area contributed by atoms with E-state index in [0.29, 0.717) is 0 Å². The molecule has 1 N–H and O–H groups in total. The van der Waals surface area contributed by atoms with Crippen molar-refractivity contribution in [1.82, 2.24) is 9.97 Å². The van der Waals surface area contributed by atoms with Crippen LogP contribution in [0.5, 0.6) is 0 Å². The molecule has 0 radical (unpaired) electrons. The maximum absolute atomic E-state index is 13.4. The molecule has 8 nitrogen and oxygen atoms in total. The molecule has 0 bridgehead atoms. The maximum Gasteiger partial charge on any atom is 0.325 e. The molecule has 0 saturated heterocycles. The maximum atomic E-state index is 13.4. The van der Waals surface area contributed by atoms with E-state index in [2.05, 4.69) is 9.97 Å². The van der Waals surface area contributed by atoms with E-state index in [9.17, 15) is 22.9 Å². The van der Waals surface area contributed by atoms with Crippen LogP contribution < -0.4 is 4.72 Å². The van der Waals surface area contributed by atoms with E-state index in [4.69, 9.17) is 0 Å². The van der Waals surface area contributed by atoms with E-state index in [-0.39, 0.29) is 5.95 Å². The van der Waals surface area contributed by atoms with Gasteiger partial charge < -0.3 is 0 Å². The molecule has 104 valence electrons. The molecular formula is C10H7FN4O4S. The fraction of sp³-hybridized carbons (Fsp3) is 0. The molecule has 0 amide bonds.